The van der Waals surface area contributed by atoms with E-state index in [1.807, 2.05) is 6.92 Å². The average molecular weight is 513 g/mol. The standard InChI is InChI=1S/C18H33F2N6O5P2/c1-7-8-9-14-17(29-33(28,30-19)31-20)18(25(6)32(27,23(2)3)24(4)5)26-16-13-11-10-12-15(16)21-22-26/h10-13,17-18,27H,7-9,14H2,1-6H3/q+1. The fourth-order valence-corrected chi connectivity index (χ4v) is 6.82. The van der Waals surface area contributed by atoms with Gasteiger partial charge < -0.3 is 0 Å². The van der Waals surface area contributed by atoms with Gasteiger partial charge in [-0.2, -0.15) is 4.89 Å². The van der Waals surface area contributed by atoms with Crippen LogP contribution in [0, 0.1) is 0 Å². The van der Waals surface area contributed by atoms with Crippen molar-refractivity contribution in [1.82, 2.24) is 29.0 Å². The fraction of sp³-hybridized carbons (Fsp3) is 0.667. The van der Waals surface area contributed by atoms with E-state index in [9.17, 15) is 18.5 Å². The average Bonchev–Trinajstić information content (AvgIpc) is 3.22. The van der Waals surface area contributed by atoms with E-state index in [0.29, 0.717) is 17.5 Å². The number of benzene rings is 1. The van der Waals surface area contributed by atoms with Gasteiger partial charge in [0, 0.05) is 35.2 Å². The minimum absolute atomic E-state index is 0.217. The third-order valence-electron chi connectivity index (χ3n) is 5.37. The number of unbranched alkanes of at least 4 members (excludes halogenated alkanes) is 2. The van der Waals surface area contributed by atoms with E-state index < -0.39 is 28.0 Å². The van der Waals surface area contributed by atoms with E-state index in [1.54, 1.807) is 73.5 Å². The number of aromatic nitrogens is 3. The molecule has 0 saturated heterocycles. The molecule has 2 unspecified atom stereocenters. The molecule has 1 aromatic heterocycles. The van der Waals surface area contributed by atoms with Gasteiger partial charge in [-0.1, -0.05) is 57.7 Å². The van der Waals surface area contributed by atoms with Crippen molar-refractivity contribution in [1.29, 1.82) is 0 Å². The minimum atomic E-state index is -5.16. The number of likely N-dealkylation sites (N-methyl/N-ethyl adjacent to an activating group) is 1. The minimum Gasteiger partial charge on any atom is -0.276 e. The molecule has 0 fully saturated rings. The zero-order valence-electron chi connectivity index (χ0n) is 19.7. The Bertz CT molecular complexity index is 921. The molecule has 1 N–H and O–H groups in total. The van der Waals surface area contributed by atoms with E-state index in [1.165, 1.54) is 4.68 Å². The van der Waals surface area contributed by atoms with Crippen molar-refractivity contribution in [3.05, 3.63) is 24.3 Å². The summed E-state index contributed by atoms with van der Waals surface area (Å²) in [5.41, 5.74) is 1.14. The van der Waals surface area contributed by atoms with Crippen LogP contribution in [0.25, 0.3) is 11.0 Å². The Morgan fingerprint density at radius 2 is 1.73 bits per heavy atom. The number of phosphoric acid groups is 1. The van der Waals surface area contributed by atoms with Gasteiger partial charge in [0.05, 0.1) is 5.52 Å². The van der Waals surface area contributed by atoms with Crippen LogP contribution in [-0.4, -0.2) is 75.2 Å². The first-order valence-electron chi connectivity index (χ1n) is 10.5. The highest BCUT2D eigenvalue weighted by Gasteiger charge is 2.55. The van der Waals surface area contributed by atoms with Crippen LogP contribution in [0.5, 0.6) is 0 Å². The number of hydrogen-bond donors (Lipinski definition) is 1. The molecule has 0 spiro atoms. The van der Waals surface area contributed by atoms with Gasteiger partial charge in [-0.05, 0) is 27.6 Å². The summed E-state index contributed by atoms with van der Waals surface area (Å²) in [6.07, 6.45) is 0.299. The lowest BCUT2D eigenvalue weighted by atomic mass is 10.1. The molecule has 11 nitrogen and oxygen atoms in total. The molecule has 2 atom stereocenters. The van der Waals surface area contributed by atoms with Crippen LogP contribution < -0.4 is 0 Å². The van der Waals surface area contributed by atoms with Gasteiger partial charge in [0.25, 0.3) is 0 Å². The molecular weight excluding hydrogens is 480 g/mol. The largest absolute Gasteiger partial charge is 0.537 e. The summed E-state index contributed by atoms with van der Waals surface area (Å²) in [6.45, 7) is 1.99. The van der Waals surface area contributed by atoms with Crippen molar-refractivity contribution in [2.75, 3.05) is 35.2 Å². The summed E-state index contributed by atoms with van der Waals surface area (Å²) in [4.78, 5) is 11.7. The Morgan fingerprint density at radius 3 is 2.27 bits per heavy atom. The molecule has 2 aromatic rings. The second kappa shape index (κ2) is 12.0. The molecule has 0 aliphatic heterocycles. The zero-order chi connectivity index (χ0) is 24.8. The Hall–Kier alpha value is -1.14. The summed E-state index contributed by atoms with van der Waals surface area (Å²) in [5, 5.41) is 8.40. The fourth-order valence-electron chi connectivity index (χ4n) is 3.78. The predicted octanol–water partition coefficient (Wildman–Crippen LogP) is 4.53. The number of nitrogens with zero attached hydrogens (tertiary/aromatic N) is 6. The number of fused-ring (bicyclic) bond motifs is 1. The van der Waals surface area contributed by atoms with Gasteiger partial charge in [0.1, 0.15) is 11.6 Å². The van der Waals surface area contributed by atoms with Crippen molar-refractivity contribution in [2.45, 2.75) is 44.9 Å². The normalized spacial score (nSPS) is 15.2. The number of para-hydroxylation sites is 1. The molecule has 0 radical (unpaired) electrons. The molecule has 0 aliphatic carbocycles. The Morgan fingerprint density at radius 1 is 1.12 bits per heavy atom. The SMILES string of the molecule is CCCCCC(OP(=O)(OF)OF)C(N(C)[P+](O)(N(C)C)N(C)C)n1nnc2ccccc21. The number of rotatable bonds is 14. The smallest absolute Gasteiger partial charge is 0.276 e. The molecule has 0 amide bonds. The van der Waals surface area contributed by atoms with Crippen LogP contribution in [-0.2, 0) is 18.5 Å². The van der Waals surface area contributed by atoms with Crippen LogP contribution >= 0.6 is 15.8 Å². The van der Waals surface area contributed by atoms with Crippen molar-refractivity contribution >= 4 is 26.8 Å². The van der Waals surface area contributed by atoms with Gasteiger partial charge in [0.2, 0.25) is 0 Å². The van der Waals surface area contributed by atoms with Crippen LogP contribution in [0.2, 0.25) is 0 Å². The van der Waals surface area contributed by atoms with Crippen LogP contribution in [0.3, 0.4) is 0 Å². The van der Waals surface area contributed by atoms with Crippen molar-refractivity contribution in [2.24, 2.45) is 0 Å². The molecule has 0 bridgehead atoms. The first kappa shape index (κ1) is 28.1. The second-order valence-corrected chi connectivity index (χ2v) is 12.7. The highest BCUT2D eigenvalue weighted by molar-refractivity contribution is 7.63. The molecule has 2 rings (SSSR count). The van der Waals surface area contributed by atoms with Crippen LogP contribution in [0.1, 0.15) is 38.8 Å². The highest BCUT2D eigenvalue weighted by atomic mass is 31.2. The lowest BCUT2D eigenvalue weighted by Gasteiger charge is -2.41. The monoisotopic (exact) mass is 513 g/mol. The van der Waals surface area contributed by atoms with E-state index in [0.717, 1.165) is 12.8 Å². The molecule has 1 aromatic carbocycles. The predicted molar refractivity (Wildman–Crippen MR) is 122 cm³/mol. The van der Waals surface area contributed by atoms with Crippen molar-refractivity contribution in [3.63, 3.8) is 0 Å². The van der Waals surface area contributed by atoms with Gasteiger partial charge >= 0.3 is 15.8 Å². The highest BCUT2D eigenvalue weighted by Crippen LogP contribution is 2.64. The van der Waals surface area contributed by atoms with Gasteiger partial charge in [-0.15, -0.1) is 14.4 Å². The summed E-state index contributed by atoms with van der Waals surface area (Å²) >= 11 is 0. The number of hydrogen-bond acceptors (Lipinski definition) is 10. The van der Waals surface area contributed by atoms with E-state index in [-0.39, 0.29) is 6.42 Å². The van der Waals surface area contributed by atoms with Gasteiger partial charge in [-0.3, -0.25) is 4.52 Å². The summed E-state index contributed by atoms with van der Waals surface area (Å²) in [7, 11) is 0.0953. The summed E-state index contributed by atoms with van der Waals surface area (Å²) in [6, 6.07) is 7.09. The van der Waals surface area contributed by atoms with Gasteiger partial charge in [0.15, 0.2) is 6.17 Å². The summed E-state index contributed by atoms with van der Waals surface area (Å²) in [5.74, 6) is 0. The maximum Gasteiger partial charge on any atom is 0.537 e. The van der Waals surface area contributed by atoms with Gasteiger partial charge in [-0.25, -0.2) is 9.25 Å². The summed E-state index contributed by atoms with van der Waals surface area (Å²) < 4.78 is 56.4. The third-order valence-corrected chi connectivity index (χ3v) is 9.46. The molecule has 1 heterocycles. The molecule has 0 saturated carbocycles. The Kier molecular flexibility index (Phi) is 10.2. The zero-order valence-corrected chi connectivity index (χ0v) is 21.5. The van der Waals surface area contributed by atoms with E-state index in [2.05, 4.69) is 19.8 Å². The lowest BCUT2D eigenvalue weighted by molar-refractivity contribution is -0.132. The quantitative estimate of drug-likeness (QED) is 0.286. The second-order valence-electron chi connectivity index (χ2n) is 7.97. The molecular formula is C18H33F2N6O5P2+. The third kappa shape index (κ3) is 6.11. The number of halogens is 2. The molecule has 33 heavy (non-hydrogen) atoms. The Balaban J connectivity index is 2.69. The lowest BCUT2D eigenvalue weighted by Crippen LogP contribution is -2.46. The van der Waals surface area contributed by atoms with Crippen molar-refractivity contribution < 1.29 is 32.5 Å². The topological polar surface area (TPSA) is 105 Å². The molecule has 15 heteroatoms. The van der Waals surface area contributed by atoms with E-state index in [4.69, 9.17) is 4.52 Å². The maximum atomic E-state index is 13.0. The first-order chi connectivity index (χ1) is 15.6. The van der Waals surface area contributed by atoms with Crippen LogP contribution in [0.4, 0.5) is 9.05 Å². The van der Waals surface area contributed by atoms with Crippen molar-refractivity contribution in [3.8, 4) is 0 Å². The molecule has 188 valence electrons. The first-order valence-corrected chi connectivity index (χ1v) is 13.5. The Labute approximate surface area is 193 Å². The maximum absolute atomic E-state index is 13.0. The van der Waals surface area contributed by atoms with Crippen LogP contribution in [0.15, 0.2) is 24.3 Å². The molecule has 0 aliphatic rings. The van der Waals surface area contributed by atoms with E-state index >= 15 is 0 Å².